The molecule has 4 N–H and O–H groups in total. The summed E-state index contributed by atoms with van der Waals surface area (Å²) in [4.78, 5) is 9.82. The minimum atomic E-state index is -0.211. The SMILES string of the molecule is CCOC(C)=O.OCCO.OCCO.c1cc2ccc3cccc4ccc(c1)c2c34. The molecule has 0 radical (unpaired) electrons. The second-order valence-electron chi connectivity index (χ2n) is 6.11. The molecule has 162 valence electrons. The van der Waals surface area contributed by atoms with Gasteiger partial charge < -0.3 is 25.2 Å². The van der Waals surface area contributed by atoms with E-state index < -0.39 is 0 Å². The second kappa shape index (κ2) is 14.3. The average molecular weight is 414 g/mol. The van der Waals surface area contributed by atoms with Crippen LogP contribution in [-0.2, 0) is 9.53 Å². The van der Waals surface area contributed by atoms with E-state index in [9.17, 15) is 4.79 Å². The lowest BCUT2D eigenvalue weighted by molar-refractivity contribution is -0.140. The van der Waals surface area contributed by atoms with Crippen LogP contribution in [0.4, 0.5) is 0 Å². The van der Waals surface area contributed by atoms with E-state index in [1.54, 1.807) is 6.92 Å². The quantitative estimate of drug-likeness (QED) is 0.303. The summed E-state index contributed by atoms with van der Waals surface area (Å²) in [6.45, 7) is 3.15. The highest BCUT2D eigenvalue weighted by Gasteiger charge is 2.05. The fourth-order valence-electron chi connectivity index (χ4n) is 2.87. The molecule has 0 saturated heterocycles. The molecule has 0 spiro atoms. The predicted octanol–water partition coefficient (Wildman–Crippen LogP) is 3.10. The van der Waals surface area contributed by atoms with Crippen LogP contribution >= 0.6 is 0 Å². The Morgan fingerprint density at radius 3 is 1.13 bits per heavy atom. The van der Waals surface area contributed by atoms with E-state index >= 15 is 0 Å². The van der Waals surface area contributed by atoms with Crippen molar-refractivity contribution in [1.29, 1.82) is 0 Å². The molecule has 6 nitrogen and oxygen atoms in total. The van der Waals surface area contributed by atoms with Crippen molar-refractivity contribution < 1.29 is 30.0 Å². The lowest BCUT2D eigenvalue weighted by Gasteiger charge is -2.09. The zero-order chi connectivity index (χ0) is 22.4. The van der Waals surface area contributed by atoms with E-state index in [2.05, 4.69) is 65.4 Å². The molecular weight excluding hydrogens is 384 g/mol. The normalized spacial score (nSPS) is 9.80. The Morgan fingerprint density at radius 2 is 0.967 bits per heavy atom. The number of hydrogen-bond donors (Lipinski definition) is 4. The first kappa shape index (κ1) is 25.3. The lowest BCUT2D eigenvalue weighted by Crippen LogP contribution is -1.95. The lowest BCUT2D eigenvalue weighted by atomic mass is 9.95. The third kappa shape index (κ3) is 7.57. The van der Waals surface area contributed by atoms with Crippen LogP contribution in [0.3, 0.4) is 0 Å². The number of carbonyl (C=O) groups excluding carboxylic acids is 1. The highest BCUT2D eigenvalue weighted by Crippen LogP contribution is 2.33. The van der Waals surface area contributed by atoms with Crippen molar-refractivity contribution in [2.24, 2.45) is 0 Å². The Morgan fingerprint density at radius 1 is 0.667 bits per heavy atom. The molecule has 0 saturated carbocycles. The third-order valence-corrected chi connectivity index (χ3v) is 3.94. The molecule has 4 aromatic carbocycles. The Bertz CT molecular complexity index is 861. The van der Waals surface area contributed by atoms with Gasteiger partial charge in [-0.2, -0.15) is 0 Å². The van der Waals surface area contributed by atoms with Crippen LogP contribution in [0.25, 0.3) is 32.3 Å². The predicted molar refractivity (Wildman–Crippen MR) is 121 cm³/mol. The first-order valence-electron chi connectivity index (χ1n) is 9.73. The van der Waals surface area contributed by atoms with Gasteiger partial charge in [-0.3, -0.25) is 4.79 Å². The summed E-state index contributed by atoms with van der Waals surface area (Å²) >= 11 is 0. The van der Waals surface area contributed by atoms with E-state index in [0.29, 0.717) is 6.61 Å². The summed E-state index contributed by atoms with van der Waals surface area (Å²) < 4.78 is 4.40. The van der Waals surface area contributed by atoms with Gasteiger partial charge >= 0.3 is 5.97 Å². The van der Waals surface area contributed by atoms with E-state index in [1.807, 2.05) is 0 Å². The Hall–Kier alpha value is -2.77. The maximum atomic E-state index is 9.82. The molecule has 0 unspecified atom stereocenters. The van der Waals surface area contributed by atoms with Gasteiger partial charge in [-0.05, 0) is 39.2 Å². The van der Waals surface area contributed by atoms with Gasteiger partial charge in [0.25, 0.3) is 0 Å². The Kier molecular flexibility index (Phi) is 12.0. The van der Waals surface area contributed by atoms with E-state index in [4.69, 9.17) is 20.4 Å². The van der Waals surface area contributed by atoms with Gasteiger partial charge in [0.2, 0.25) is 0 Å². The van der Waals surface area contributed by atoms with Crippen molar-refractivity contribution in [3.05, 3.63) is 60.7 Å². The number of esters is 1. The molecule has 0 fully saturated rings. The molecule has 0 atom stereocenters. The minimum Gasteiger partial charge on any atom is -0.466 e. The molecular formula is C24H30O6. The van der Waals surface area contributed by atoms with Gasteiger partial charge in [-0.15, -0.1) is 0 Å². The van der Waals surface area contributed by atoms with Crippen LogP contribution in [0.5, 0.6) is 0 Å². The number of hydrogen-bond acceptors (Lipinski definition) is 6. The zero-order valence-corrected chi connectivity index (χ0v) is 17.4. The van der Waals surface area contributed by atoms with Crippen molar-refractivity contribution in [3.63, 3.8) is 0 Å². The number of benzene rings is 4. The molecule has 0 aliphatic heterocycles. The second-order valence-corrected chi connectivity index (χ2v) is 6.11. The summed E-state index contributed by atoms with van der Waals surface area (Å²) in [5, 5.41) is 38.6. The summed E-state index contributed by atoms with van der Waals surface area (Å²) in [5.74, 6) is -0.211. The first-order valence-corrected chi connectivity index (χ1v) is 9.73. The number of rotatable bonds is 3. The maximum Gasteiger partial charge on any atom is 0.302 e. The van der Waals surface area contributed by atoms with Crippen molar-refractivity contribution in [2.75, 3.05) is 33.0 Å². The maximum absolute atomic E-state index is 9.82. The monoisotopic (exact) mass is 414 g/mol. The van der Waals surface area contributed by atoms with Gasteiger partial charge in [-0.1, -0.05) is 60.7 Å². The zero-order valence-electron chi connectivity index (χ0n) is 17.4. The summed E-state index contributed by atoms with van der Waals surface area (Å²) in [6, 6.07) is 21.9. The van der Waals surface area contributed by atoms with Crippen LogP contribution in [0.1, 0.15) is 13.8 Å². The first-order chi connectivity index (χ1) is 14.5. The van der Waals surface area contributed by atoms with Gasteiger partial charge in [0.15, 0.2) is 0 Å². The molecule has 0 bridgehead atoms. The number of aliphatic hydroxyl groups is 4. The minimum absolute atomic E-state index is 0.125. The average Bonchev–Trinajstić information content (AvgIpc) is 2.78. The fraction of sp³-hybridized carbons (Fsp3) is 0.292. The van der Waals surface area contributed by atoms with Crippen LogP contribution in [0.2, 0.25) is 0 Å². The fourth-order valence-corrected chi connectivity index (χ4v) is 2.87. The number of aliphatic hydroxyl groups excluding tert-OH is 4. The molecule has 0 heterocycles. The summed E-state index contributed by atoms with van der Waals surface area (Å²) in [6.07, 6.45) is 0. The summed E-state index contributed by atoms with van der Waals surface area (Å²) in [5.41, 5.74) is 0. The van der Waals surface area contributed by atoms with Gasteiger partial charge in [0.05, 0.1) is 33.0 Å². The van der Waals surface area contributed by atoms with Crippen LogP contribution < -0.4 is 0 Å². The van der Waals surface area contributed by atoms with E-state index in [1.165, 1.54) is 39.2 Å². The molecule has 4 rings (SSSR count). The van der Waals surface area contributed by atoms with Gasteiger partial charge in [-0.25, -0.2) is 0 Å². The number of ether oxygens (including phenoxy) is 1. The molecule has 0 aliphatic carbocycles. The third-order valence-electron chi connectivity index (χ3n) is 3.94. The summed E-state index contributed by atoms with van der Waals surface area (Å²) in [7, 11) is 0. The molecule has 6 heteroatoms. The van der Waals surface area contributed by atoms with Crippen molar-refractivity contribution >= 4 is 38.3 Å². The highest BCUT2D eigenvalue weighted by molar-refractivity contribution is 6.22. The van der Waals surface area contributed by atoms with Crippen LogP contribution in [-0.4, -0.2) is 59.4 Å². The smallest absolute Gasteiger partial charge is 0.302 e. The van der Waals surface area contributed by atoms with Crippen molar-refractivity contribution in [1.82, 2.24) is 0 Å². The molecule has 4 aromatic rings. The van der Waals surface area contributed by atoms with E-state index in [0.717, 1.165) is 0 Å². The van der Waals surface area contributed by atoms with Crippen molar-refractivity contribution in [3.8, 4) is 0 Å². The highest BCUT2D eigenvalue weighted by atomic mass is 16.5. The largest absolute Gasteiger partial charge is 0.466 e. The van der Waals surface area contributed by atoms with Gasteiger partial charge in [0, 0.05) is 6.92 Å². The molecule has 0 aliphatic rings. The molecule has 30 heavy (non-hydrogen) atoms. The molecule has 0 aromatic heterocycles. The standard InChI is InChI=1S/C16H10.C4H8O2.2C2H6O2/c1-3-11-7-9-13-5-2-6-14-10-8-12(4-1)15(11)16(13)14;1-3-6-4(2)5;2*3-1-2-4/h1-10H;3H2,1-2H3;2*3-4H,1-2H2. The Labute approximate surface area is 176 Å². The van der Waals surface area contributed by atoms with Gasteiger partial charge in [0.1, 0.15) is 0 Å². The van der Waals surface area contributed by atoms with Crippen LogP contribution in [0.15, 0.2) is 60.7 Å². The molecule has 0 amide bonds. The topological polar surface area (TPSA) is 107 Å². The van der Waals surface area contributed by atoms with Crippen LogP contribution in [0, 0.1) is 0 Å². The number of carbonyl (C=O) groups is 1. The van der Waals surface area contributed by atoms with E-state index in [-0.39, 0.29) is 32.4 Å². The Balaban J connectivity index is 0.000000269. The van der Waals surface area contributed by atoms with Crippen molar-refractivity contribution in [2.45, 2.75) is 13.8 Å².